The SMILES string of the molecule is O=C(COCCO)c1ncc2[nH]ncc2c1Cc1ccc(Br)cc1F. The summed E-state index contributed by atoms with van der Waals surface area (Å²) >= 11 is 3.23. The molecule has 25 heavy (non-hydrogen) atoms. The van der Waals surface area contributed by atoms with Crippen LogP contribution in [0.4, 0.5) is 4.39 Å². The summed E-state index contributed by atoms with van der Waals surface area (Å²) in [4.78, 5) is 16.6. The van der Waals surface area contributed by atoms with Gasteiger partial charge in [0.05, 0.1) is 31.1 Å². The standard InChI is InChI=1S/C17H15BrFN3O3/c18-11-2-1-10(14(19)6-11)5-12-13-7-21-22-15(13)8-20-17(12)16(24)9-25-4-3-23/h1-2,6-8,23H,3-5,9H2,(H,21,22). The van der Waals surface area contributed by atoms with Crippen molar-refractivity contribution >= 4 is 32.6 Å². The quantitative estimate of drug-likeness (QED) is 0.464. The zero-order valence-corrected chi connectivity index (χ0v) is 14.7. The number of Topliss-reactive ketones (excluding diaryl/α,β-unsaturated/α-hetero) is 1. The topological polar surface area (TPSA) is 88.1 Å². The molecular weight excluding hydrogens is 393 g/mol. The molecule has 0 amide bonds. The maximum Gasteiger partial charge on any atom is 0.207 e. The van der Waals surface area contributed by atoms with E-state index in [-0.39, 0.29) is 43.5 Å². The van der Waals surface area contributed by atoms with Gasteiger partial charge in [0.1, 0.15) is 18.1 Å². The molecule has 0 atom stereocenters. The van der Waals surface area contributed by atoms with Gasteiger partial charge in [-0.15, -0.1) is 0 Å². The Kier molecular flexibility index (Phi) is 5.52. The predicted molar refractivity (Wildman–Crippen MR) is 93.0 cm³/mol. The molecule has 0 aliphatic carbocycles. The van der Waals surface area contributed by atoms with Gasteiger partial charge in [-0.3, -0.25) is 14.9 Å². The van der Waals surface area contributed by atoms with Crippen molar-refractivity contribution in [3.05, 3.63) is 57.7 Å². The second kappa shape index (κ2) is 7.81. The van der Waals surface area contributed by atoms with E-state index in [1.54, 1.807) is 18.3 Å². The molecule has 0 aliphatic heterocycles. The number of fused-ring (bicyclic) bond motifs is 1. The van der Waals surface area contributed by atoms with Crippen LogP contribution in [0.15, 0.2) is 35.1 Å². The number of halogens is 2. The van der Waals surface area contributed by atoms with E-state index in [0.717, 1.165) is 0 Å². The molecule has 3 aromatic rings. The van der Waals surface area contributed by atoms with Gasteiger partial charge in [0.2, 0.25) is 5.78 Å². The number of aliphatic hydroxyl groups is 1. The van der Waals surface area contributed by atoms with Crippen LogP contribution in [0.2, 0.25) is 0 Å². The van der Waals surface area contributed by atoms with Gasteiger partial charge in [-0.2, -0.15) is 5.10 Å². The van der Waals surface area contributed by atoms with E-state index in [4.69, 9.17) is 9.84 Å². The molecule has 3 rings (SSSR count). The fourth-order valence-corrected chi connectivity index (χ4v) is 2.88. The summed E-state index contributed by atoms with van der Waals surface area (Å²) in [5.74, 6) is -0.700. The number of aromatic nitrogens is 3. The number of aromatic amines is 1. The summed E-state index contributed by atoms with van der Waals surface area (Å²) in [6.07, 6.45) is 3.31. The number of hydrogen-bond donors (Lipinski definition) is 2. The van der Waals surface area contributed by atoms with Gasteiger partial charge in [0, 0.05) is 16.3 Å². The van der Waals surface area contributed by atoms with Crippen molar-refractivity contribution < 1.29 is 19.0 Å². The van der Waals surface area contributed by atoms with Crippen LogP contribution in [0.3, 0.4) is 0 Å². The van der Waals surface area contributed by atoms with Crippen molar-refractivity contribution in [3.63, 3.8) is 0 Å². The normalized spacial score (nSPS) is 11.2. The summed E-state index contributed by atoms with van der Waals surface area (Å²) in [6, 6.07) is 4.78. The van der Waals surface area contributed by atoms with Crippen molar-refractivity contribution in [1.82, 2.24) is 15.2 Å². The molecule has 0 saturated carbocycles. The van der Waals surface area contributed by atoms with E-state index in [0.29, 0.717) is 26.5 Å². The van der Waals surface area contributed by atoms with Gasteiger partial charge in [-0.25, -0.2) is 4.39 Å². The van der Waals surface area contributed by atoms with Crippen LogP contribution < -0.4 is 0 Å². The number of carbonyl (C=O) groups excluding carboxylic acids is 1. The smallest absolute Gasteiger partial charge is 0.207 e. The number of H-pyrrole nitrogens is 1. The van der Waals surface area contributed by atoms with E-state index in [1.807, 2.05) is 0 Å². The van der Waals surface area contributed by atoms with Gasteiger partial charge in [-0.1, -0.05) is 22.0 Å². The number of benzene rings is 1. The Balaban J connectivity index is 2.00. The van der Waals surface area contributed by atoms with E-state index < -0.39 is 0 Å². The number of rotatable bonds is 7. The molecule has 0 radical (unpaired) electrons. The molecule has 6 nitrogen and oxygen atoms in total. The average molecular weight is 408 g/mol. The summed E-state index contributed by atoms with van der Waals surface area (Å²) in [5.41, 5.74) is 1.92. The molecule has 8 heteroatoms. The van der Waals surface area contributed by atoms with Gasteiger partial charge in [-0.05, 0) is 23.3 Å². The fraction of sp³-hybridized carbons (Fsp3) is 0.235. The first kappa shape index (κ1) is 17.7. The third-order valence-electron chi connectivity index (χ3n) is 3.72. The first-order valence-electron chi connectivity index (χ1n) is 7.57. The lowest BCUT2D eigenvalue weighted by atomic mass is 9.98. The molecule has 0 unspecified atom stereocenters. The molecule has 0 saturated heterocycles. The van der Waals surface area contributed by atoms with Crippen LogP contribution in [-0.4, -0.2) is 45.9 Å². The summed E-state index contributed by atoms with van der Waals surface area (Å²) < 4.78 is 20.0. The van der Waals surface area contributed by atoms with E-state index >= 15 is 0 Å². The van der Waals surface area contributed by atoms with E-state index in [2.05, 4.69) is 31.1 Å². The summed E-state index contributed by atoms with van der Waals surface area (Å²) in [6.45, 7) is -0.304. The summed E-state index contributed by atoms with van der Waals surface area (Å²) in [7, 11) is 0. The zero-order chi connectivity index (χ0) is 17.8. The number of nitrogens with zero attached hydrogens (tertiary/aromatic N) is 2. The zero-order valence-electron chi connectivity index (χ0n) is 13.1. The van der Waals surface area contributed by atoms with E-state index in [1.165, 1.54) is 12.3 Å². The highest BCUT2D eigenvalue weighted by Gasteiger charge is 2.19. The Bertz CT molecular complexity index is 913. The van der Waals surface area contributed by atoms with Gasteiger partial charge in [0.15, 0.2) is 0 Å². The van der Waals surface area contributed by atoms with Crippen LogP contribution in [0.5, 0.6) is 0 Å². The molecule has 1 aromatic carbocycles. The lowest BCUT2D eigenvalue weighted by molar-refractivity contribution is 0.0659. The molecule has 130 valence electrons. The maximum absolute atomic E-state index is 14.2. The van der Waals surface area contributed by atoms with Crippen LogP contribution in [0, 0.1) is 5.82 Å². The Hall–Kier alpha value is -2.16. The van der Waals surface area contributed by atoms with Crippen molar-refractivity contribution in [2.75, 3.05) is 19.8 Å². The number of ether oxygens (including phenoxy) is 1. The molecule has 0 aliphatic rings. The summed E-state index contributed by atoms with van der Waals surface area (Å²) in [5, 5.41) is 16.2. The number of ketones is 1. The molecule has 0 spiro atoms. The highest BCUT2D eigenvalue weighted by atomic mass is 79.9. The Morgan fingerprint density at radius 2 is 2.20 bits per heavy atom. The molecular formula is C17H15BrFN3O3. The lowest BCUT2D eigenvalue weighted by Gasteiger charge is -2.10. The highest BCUT2D eigenvalue weighted by molar-refractivity contribution is 9.10. The maximum atomic E-state index is 14.2. The Labute approximate surface area is 151 Å². The highest BCUT2D eigenvalue weighted by Crippen LogP contribution is 2.25. The van der Waals surface area contributed by atoms with Crippen molar-refractivity contribution in [2.24, 2.45) is 0 Å². The molecule has 2 N–H and O–H groups in total. The Morgan fingerprint density at radius 3 is 2.96 bits per heavy atom. The third kappa shape index (κ3) is 3.92. The minimum Gasteiger partial charge on any atom is -0.394 e. The van der Waals surface area contributed by atoms with Crippen LogP contribution in [0.25, 0.3) is 10.9 Å². The monoisotopic (exact) mass is 407 g/mol. The largest absolute Gasteiger partial charge is 0.394 e. The number of nitrogens with one attached hydrogen (secondary N) is 1. The first-order chi connectivity index (χ1) is 12.1. The van der Waals surface area contributed by atoms with Crippen molar-refractivity contribution in [3.8, 4) is 0 Å². The fourth-order valence-electron chi connectivity index (χ4n) is 2.54. The second-order valence-electron chi connectivity index (χ2n) is 5.39. The molecule has 2 aromatic heterocycles. The number of hydrogen-bond acceptors (Lipinski definition) is 5. The van der Waals surface area contributed by atoms with Crippen molar-refractivity contribution in [1.29, 1.82) is 0 Å². The minimum atomic E-state index is -0.371. The number of pyridine rings is 1. The molecule has 0 fully saturated rings. The van der Waals surface area contributed by atoms with Crippen molar-refractivity contribution in [2.45, 2.75) is 6.42 Å². The van der Waals surface area contributed by atoms with Crippen LogP contribution >= 0.6 is 15.9 Å². The molecule has 2 heterocycles. The van der Waals surface area contributed by atoms with Gasteiger partial charge < -0.3 is 9.84 Å². The third-order valence-corrected chi connectivity index (χ3v) is 4.21. The van der Waals surface area contributed by atoms with E-state index in [9.17, 15) is 9.18 Å². The number of aliphatic hydroxyl groups excluding tert-OH is 1. The molecule has 0 bridgehead atoms. The minimum absolute atomic E-state index is 0.0658. The first-order valence-corrected chi connectivity index (χ1v) is 8.36. The van der Waals surface area contributed by atoms with Gasteiger partial charge in [0.25, 0.3) is 0 Å². The predicted octanol–water partition coefficient (Wildman–Crippen LogP) is 2.64. The lowest BCUT2D eigenvalue weighted by Crippen LogP contribution is -2.15. The number of carbonyl (C=O) groups is 1. The second-order valence-corrected chi connectivity index (χ2v) is 6.31. The van der Waals surface area contributed by atoms with Crippen LogP contribution in [-0.2, 0) is 11.2 Å². The van der Waals surface area contributed by atoms with Crippen LogP contribution in [0.1, 0.15) is 21.6 Å². The Morgan fingerprint density at radius 1 is 1.36 bits per heavy atom. The average Bonchev–Trinajstić information content (AvgIpc) is 3.06. The van der Waals surface area contributed by atoms with Gasteiger partial charge >= 0.3 is 0 Å².